The molecule has 0 atom stereocenters. The van der Waals surface area contributed by atoms with Crippen molar-refractivity contribution in [2.24, 2.45) is 0 Å². The van der Waals surface area contributed by atoms with Crippen LogP contribution in [-0.4, -0.2) is 4.92 Å². The molecule has 2 aromatic carbocycles. The molecule has 0 aliphatic rings. The normalized spacial score (nSPS) is 10.5. The molecule has 0 fully saturated rings. The summed E-state index contributed by atoms with van der Waals surface area (Å²) >= 11 is 6.03. The highest BCUT2D eigenvalue weighted by atomic mass is 35.5. The number of halogens is 1. The van der Waals surface area contributed by atoms with Gasteiger partial charge in [0, 0.05) is 17.8 Å². The van der Waals surface area contributed by atoms with Gasteiger partial charge in [-0.05, 0) is 49.6 Å². The van der Waals surface area contributed by atoms with E-state index in [4.69, 9.17) is 22.1 Å². The van der Waals surface area contributed by atoms with Crippen LogP contribution in [0.15, 0.2) is 24.3 Å². The van der Waals surface area contributed by atoms with E-state index in [1.54, 1.807) is 0 Å². The van der Waals surface area contributed by atoms with Gasteiger partial charge in [-0.15, -0.1) is 0 Å². The average Bonchev–Trinajstić information content (AvgIpc) is 2.44. The van der Waals surface area contributed by atoms with E-state index in [1.807, 2.05) is 26.8 Å². The maximum absolute atomic E-state index is 10.7. The Balaban J connectivity index is 2.41. The summed E-state index contributed by atoms with van der Waals surface area (Å²) in [6, 6.07) is 5.94. The fourth-order valence-electron chi connectivity index (χ4n) is 1.98. The van der Waals surface area contributed by atoms with Gasteiger partial charge in [-0.1, -0.05) is 11.6 Å². The number of hydrogen-bond acceptors (Lipinski definition) is 4. The van der Waals surface area contributed by atoms with Crippen molar-refractivity contribution in [2.75, 3.05) is 5.73 Å². The molecule has 0 saturated heterocycles. The topological polar surface area (TPSA) is 78.4 Å². The number of anilines is 1. The Morgan fingerprint density at radius 1 is 1.14 bits per heavy atom. The number of hydrogen-bond donors (Lipinski definition) is 1. The zero-order valence-corrected chi connectivity index (χ0v) is 12.7. The van der Waals surface area contributed by atoms with E-state index in [2.05, 4.69) is 0 Å². The third kappa shape index (κ3) is 2.92. The highest BCUT2D eigenvalue weighted by Crippen LogP contribution is 2.36. The molecule has 2 N–H and O–H groups in total. The summed E-state index contributed by atoms with van der Waals surface area (Å²) in [4.78, 5) is 10.2. The Labute approximate surface area is 127 Å². The molecule has 0 heterocycles. The molecule has 2 rings (SSSR count). The van der Waals surface area contributed by atoms with Crippen LogP contribution in [-0.2, 0) is 0 Å². The molecule has 5 nitrogen and oxygen atoms in total. The van der Waals surface area contributed by atoms with Gasteiger partial charge in [-0.2, -0.15) is 0 Å². The van der Waals surface area contributed by atoms with Crippen molar-refractivity contribution in [3.63, 3.8) is 0 Å². The van der Waals surface area contributed by atoms with Crippen molar-refractivity contribution in [3.8, 4) is 11.5 Å². The first-order valence-electron chi connectivity index (χ1n) is 6.29. The van der Waals surface area contributed by atoms with Gasteiger partial charge >= 0.3 is 0 Å². The van der Waals surface area contributed by atoms with Crippen LogP contribution in [0.1, 0.15) is 16.7 Å². The number of nitrogen functional groups attached to an aromatic ring is 1. The second kappa shape index (κ2) is 5.61. The van der Waals surface area contributed by atoms with E-state index in [-0.39, 0.29) is 10.7 Å². The smallest absolute Gasteiger partial charge is 0.271 e. The number of nitro groups is 1. The molecule has 0 bridgehead atoms. The van der Waals surface area contributed by atoms with Crippen LogP contribution < -0.4 is 10.5 Å². The Bertz CT molecular complexity index is 729. The molecule has 0 spiro atoms. The van der Waals surface area contributed by atoms with Crippen LogP contribution in [0.3, 0.4) is 0 Å². The summed E-state index contributed by atoms with van der Waals surface area (Å²) in [7, 11) is 0. The van der Waals surface area contributed by atoms with Crippen LogP contribution in [0.5, 0.6) is 11.5 Å². The van der Waals surface area contributed by atoms with Gasteiger partial charge < -0.3 is 10.5 Å². The Kier molecular flexibility index (Phi) is 4.04. The van der Waals surface area contributed by atoms with Crippen molar-refractivity contribution in [1.82, 2.24) is 0 Å². The molecule has 2 aromatic rings. The molecule has 0 unspecified atom stereocenters. The zero-order chi connectivity index (χ0) is 15.7. The van der Waals surface area contributed by atoms with Gasteiger partial charge in [0.25, 0.3) is 5.69 Å². The standard InChI is InChI=1S/C15H15ClN2O3/c1-8-6-14(9(2)10(3)15(8)17)21-13-5-4-11(18(19)20)7-12(13)16/h4-7H,17H2,1-3H3. The molecule has 0 saturated carbocycles. The number of nitro benzene ring substituents is 1. The number of nitrogens with two attached hydrogens (primary N) is 1. The highest BCUT2D eigenvalue weighted by molar-refractivity contribution is 6.32. The maximum Gasteiger partial charge on any atom is 0.271 e. The quantitative estimate of drug-likeness (QED) is 0.512. The predicted molar refractivity (Wildman–Crippen MR) is 83.2 cm³/mol. The first-order chi connectivity index (χ1) is 9.81. The number of nitrogens with zero attached hydrogens (tertiary/aromatic N) is 1. The van der Waals surface area contributed by atoms with E-state index in [0.29, 0.717) is 11.5 Å². The molecule has 0 amide bonds. The van der Waals surface area contributed by atoms with Gasteiger partial charge in [0.2, 0.25) is 0 Å². The van der Waals surface area contributed by atoms with E-state index in [1.165, 1.54) is 18.2 Å². The van der Waals surface area contributed by atoms with Gasteiger partial charge in [-0.25, -0.2) is 0 Å². The largest absolute Gasteiger partial charge is 0.455 e. The summed E-state index contributed by atoms with van der Waals surface area (Å²) < 4.78 is 5.78. The Morgan fingerprint density at radius 2 is 1.81 bits per heavy atom. The Hall–Kier alpha value is -2.27. The second-order valence-electron chi connectivity index (χ2n) is 4.83. The van der Waals surface area contributed by atoms with E-state index < -0.39 is 4.92 Å². The predicted octanol–water partition coefficient (Wildman–Crippen LogP) is 4.55. The number of aryl methyl sites for hydroxylation is 1. The van der Waals surface area contributed by atoms with Crippen molar-refractivity contribution >= 4 is 23.0 Å². The molecule has 0 aromatic heterocycles. The number of rotatable bonds is 3. The van der Waals surface area contributed by atoms with Crippen molar-refractivity contribution in [3.05, 3.63) is 56.1 Å². The molecule has 0 radical (unpaired) electrons. The summed E-state index contributed by atoms with van der Waals surface area (Å²) in [6.45, 7) is 5.72. The fourth-order valence-corrected chi connectivity index (χ4v) is 2.19. The molecule has 0 aliphatic carbocycles. The maximum atomic E-state index is 10.7. The third-order valence-electron chi connectivity index (χ3n) is 3.45. The average molecular weight is 307 g/mol. The van der Waals surface area contributed by atoms with Crippen LogP contribution >= 0.6 is 11.6 Å². The lowest BCUT2D eigenvalue weighted by atomic mass is 10.0. The second-order valence-corrected chi connectivity index (χ2v) is 5.24. The van der Waals surface area contributed by atoms with E-state index >= 15 is 0 Å². The van der Waals surface area contributed by atoms with Crippen molar-refractivity contribution in [2.45, 2.75) is 20.8 Å². The van der Waals surface area contributed by atoms with Crippen LogP contribution in [0.2, 0.25) is 5.02 Å². The summed E-state index contributed by atoms with van der Waals surface area (Å²) in [6.07, 6.45) is 0. The van der Waals surface area contributed by atoms with Crippen LogP contribution in [0, 0.1) is 30.9 Å². The van der Waals surface area contributed by atoms with Crippen molar-refractivity contribution < 1.29 is 9.66 Å². The summed E-state index contributed by atoms with van der Waals surface area (Å²) in [5.41, 5.74) is 9.39. The van der Waals surface area contributed by atoms with E-state index in [9.17, 15) is 10.1 Å². The highest BCUT2D eigenvalue weighted by Gasteiger charge is 2.14. The number of ether oxygens (including phenoxy) is 1. The van der Waals surface area contributed by atoms with Crippen molar-refractivity contribution in [1.29, 1.82) is 0 Å². The van der Waals surface area contributed by atoms with Gasteiger partial charge in [-0.3, -0.25) is 10.1 Å². The lowest BCUT2D eigenvalue weighted by Gasteiger charge is -2.15. The minimum atomic E-state index is -0.502. The van der Waals surface area contributed by atoms with Gasteiger partial charge in [0.15, 0.2) is 0 Å². The SMILES string of the molecule is Cc1cc(Oc2ccc([N+](=O)[O-])cc2Cl)c(C)c(C)c1N. The lowest BCUT2D eigenvalue weighted by molar-refractivity contribution is -0.384. The number of non-ortho nitro benzene ring substituents is 1. The first-order valence-corrected chi connectivity index (χ1v) is 6.67. The third-order valence-corrected chi connectivity index (χ3v) is 3.75. The molecule has 110 valence electrons. The van der Waals surface area contributed by atoms with E-state index in [0.717, 1.165) is 22.4 Å². The molecule has 6 heteroatoms. The fraction of sp³-hybridized carbons (Fsp3) is 0.200. The van der Waals surface area contributed by atoms with Crippen LogP contribution in [0.4, 0.5) is 11.4 Å². The minimum absolute atomic E-state index is 0.0752. The number of benzene rings is 2. The molecular formula is C15H15ClN2O3. The van der Waals surface area contributed by atoms with Crippen LogP contribution in [0.25, 0.3) is 0 Å². The van der Waals surface area contributed by atoms with Gasteiger partial charge in [0.05, 0.1) is 9.95 Å². The summed E-state index contributed by atoms with van der Waals surface area (Å²) in [5, 5.41) is 10.9. The molecular weight excluding hydrogens is 292 g/mol. The minimum Gasteiger partial charge on any atom is -0.455 e. The molecule has 0 aliphatic heterocycles. The lowest BCUT2D eigenvalue weighted by Crippen LogP contribution is -1.99. The monoisotopic (exact) mass is 306 g/mol. The summed E-state index contributed by atoms with van der Waals surface area (Å²) in [5.74, 6) is 1.00. The zero-order valence-electron chi connectivity index (χ0n) is 11.9. The van der Waals surface area contributed by atoms with Gasteiger partial charge in [0.1, 0.15) is 11.5 Å². The molecule has 21 heavy (non-hydrogen) atoms. The Morgan fingerprint density at radius 3 is 2.38 bits per heavy atom. The first kappa shape index (κ1) is 15.1.